The Balaban J connectivity index is 1.86. The third-order valence-corrected chi connectivity index (χ3v) is 9.28. The molecule has 1 fully saturated rings. The number of benzene rings is 2. The second-order valence-electron chi connectivity index (χ2n) is 6.91. The van der Waals surface area contributed by atoms with Gasteiger partial charge in [-0.2, -0.15) is 0 Å². The molecule has 2 atom stereocenters. The molecule has 2 aromatic rings. The van der Waals surface area contributed by atoms with Gasteiger partial charge in [0.05, 0.1) is 28.8 Å². The maximum atomic E-state index is 13.2. The SMILES string of the molecule is COc1ccc(S(=O)(=O)[C@H]2CS(=O)(=O)C[C@@H]2NCc2ccc(Cl)cc2)cc1C. The van der Waals surface area contributed by atoms with Crippen molar-refractivity contribution in [3.8, 4) is 5.75 Å². The van der Waals surface area contributed by atoms with Crippen molar-refractivity contribution >= 4 is 31.3 Å². The van der Waals surface area contributed by atoms with Crippen LogP contribution in [-0.2, 0) is 26.2 Å². The Morgan fingerprint density at radius 2 is 1.82 bits per heavy atom. The minimum Gasteiger partial charge on any atom is -0.496 e. The van der Waals surface area contributed by atoms with Crippen molar-refractivity contribution in [1.82, 2.24) is 5.32 Å². The van der Waals surface area contributed by atoms with Gasteiger partial charge in [0.2, 0.25) is 0 Å². The van der Waals surface area contributed by atoms with Crippen LogP contribution in [0, 0.1) is 6.92 Å². The maximum absolute atomic E-state index is 13.2. The minimum absolute atomic E-state index is 0.103. The highest BCUT2D eigenvalue weighted by Crippen LogP contribution is 2.29. The number of hydrogen-bond donors (Lipinski definition) is 1. The first-order chi connectivity index (χ1) is 13.1. The smallest absolute Gasteiger partial charge is 0.183 e. The van der Waals surface area contributed by atoms with Gasteiger partial charge in [-0.1, -0.05) is 23.7 Å². The third kappa shape index (κ3) is 4.51. The van der Waals surface area contributed by atoms with Crippen LogP contribution in [0.25, 0.3) is 0 Å². The second kappa shape index (κ2) is 8.02. The number of nitrogens with one attached hydrogen (secondary N) is 1. The standard InChI is InChI=1S/C19H22ClNO5S2/c1-13-9-16(7-8-18(13)26-2)28(24,25)19-12-27(22,23)11-17(19)21-10-14-3-5-15(20)6-4-14/h3-9,17,19,21H,10-12H2,1-2H3/t17-,19-/m0/s1. The summed E-state index contributed by atoms with van der Waals surface area (Å²) in [5.74, 6) is -0.0198. The second-order valence-corrected chi connectivity index (χ2v) is 11.7. The van der Waals surface area contributed by atoms with E-state index < -0.39 is 36.7 Å². The van der Waals surface area contributed by atoms with Crippen LogP contribution >= 0.6 is 11.6 Å². The van der Waals surface area contributed by atoms with Crippen molar-refractivity contribution in [2.75, 3.05) is 18.6 Å². The molecule has 0 unspecified atom stereocenters. The largest absolute Gasteiger partial charge is 0.496 e. The van der Waals surface area contributed by atoms with Crippen LogP contribution in [-0.4, -0.2) is 46.7 Å². The molecule has 0 saturated carbocycles. The fourth-order valence-corrected chi connectivity index (χ4v) is 8.29. The normalized spacial score (nSPS) is 21.5. The average molecular weight is 444 g/mol. The Kier molecular flexibility index (Phi) is 6.05. The Morgan fingerprint density at radius 3 is 2.43 bits per heavy atom. The van der Waals surface area contributed by atoms with E-state index in [1.807, 2.05) is 12.1 Å². The van der Waals surface area contributed by atoms with Crippen molar-refractivity contribution in [2.45, 2.75) is 29.7 Å². The lowest BCUT2D eigenvalue weighted by molar-refractivity contribution is 0.411. The summed E-state index contributed by atoms with van der Waals surface area (Å²) in [6, 6.07) is 11.0. The summed E-state index contributed by atoms with van der Waals surface area (Å²) < 4.78 is 56.0. The van der Waals surface area contributed by atoms with Gasteiger partial charge in [0, 0.05) is 17.6 Å². The summed E-state index contributed by atoms with van der Waals surface area (Å²) in [4.78, 5) is 0.103. The summed E-state index contributed by atoms with van der Waals surface area (Å²) in [5, 5.41) is 2.67. The van der Waals surface area contributed by atoms with Gasteiger partial charge < -0.3 is 10.1 Å². The van der Waals surface area contributed by atoms with E-state index in [1.165, 1.54) is 19.2 Å². The van der Waals surface area contributed by atoms with E-state index in [4.69, 9.17) is 16.3 Å². The fraction of sp³-hybridized carbons (Fsp3) is 0.368. The number of hydrogen-bond acceptors (Lipinski definition) is 6. The lowest BCUT2D eigenvalue weighted by atomic mass is 10.2. The van der Waals surface area contributed by atoms with Crippen molar-refractivity contribution < 1.29 is 21.6 Å². The van der Waals surface area contributed by atoms with E-state index in [1.54, 1.807) is 25.1 Å². The molecule has 1 heterocycles. The lowest BCUT2D eigenvalue weighted by Gasteiger charge is -2.20. The van der Waals surface area contributed by atoms with Gasteiger partial charge in [0.25, 0.3) is 0 Å². The van der Waals surface area contributed by atoms with Crippen molar-refractivity contribution in [1.29, 1.82) is 0 Å². The van der Waals surface area contributed by atoms with Crippen LogP contribution in [0.2, 0.25) is 5.02 Å². The Labute approximate surface area is 170 Å². The average Bonchev–Trinajstić information content (AvgIpc) is 2.96. The predicted octanol–water partition coefficient (Wildman–Crippen LogP) is 2.39. The summed E-state index contributed by atoms with van der Waals surface area (Å²) in [7, 11) is -5.78. The number of methoxy groups -OCH3 is 1. The molecular weight excluding hydrogens is 422 g/mol. The van der Waals surface area contributed by atoms with E-state index in [0.717, 1.165) is 5.56 Å². The van der Waals surface area contributed by atoms with Crippen LogP contribution in [0.15, 0.2) is 47.4 Å². The number of halogens is 1. The summed E-state index contributed by atoms with van der Waals surface area (Å²) >= 11 is 5.87. The highest BCUT2D eigenvalue weighted by Gasteiger charge is 2.45. The van der Waals surface area contributed by atoms with Gasteiger partial charge in [0.15, 0.2) is 19.7 Å². The molecule has 6 nitrogen and oxygen atoms in total. The highest BCUT2D eigenvalue weighted by molar-refractivity contribution is 7.96. The fourth-order valence-electron chi connectivity index (χ4n) is 3.37. The zero-order valence-electron chi connectivity index (χ0n) is 15.6. The van der Waals surface area contributed by atoms with Crippen LogP contribution in [0.4, 0.5) is 0 Å². The van der Waals surface area contributed by atoms with Crippen molar-refractivity contribution in [3.05, 3.63) is 58.6 Å². The number of ether oxygens (including phenoxy) is 1. The summed E-state index contributed by atoms with van der Waals surface area (Å²) in [5.41, 5.74) is 1.57. The molecule has 0 bridgehead atoms. The number of aryl methyl sites for hydroxylation is 1. The summed E-state index contributed by atoms with van der Waals surface area (Å²) in [6.07, 6.45) is 0. The zero-order valence-corrected chi connectivity index (χ0v) is 17.9. The molecular formula is C19H22ClNO5S2. The van der Waals surface area contributed by atoms with Gasteiger partial charge in [0.1, 0.15) is 5.75 Å². The Bertz CT molecular complexity index is 1070. The van der Waals surface area contributed by atoms with Crippen LogP contribution in [0.5, 0.6) is 5.75 Å². The monoisotopic (exact) mass is 443 g/mol. The molecule has 3 rings (SSSR count). The zero-order chi connectivity index (χ0) is 20.5. The quantitative estimate of drug-likeness (QED) is 0.737. The number of sulfone groups is 2. The molecule has 0 aromatic heterocycles. The van der Waals surface area contributed by atoms with E-state index >= 15 is 0 Å². The van der Waals surface area contributed by atoms with Gasteiger partial charge in [-0.15, -0.1) is 0 Å². The van der Waals surface area contributed by atoms with E-state index in [2.05, 4.69) is 5.32 Å². The first-order valence-corrected chi connectivity index (χ1v) is 12.4. The number of rotatable bonds is 6. The van der Waals surface area contributed by atoms with Crippen molar-refractivity contribution in [2.24, 2.45) is 0 Å². The Hall–Kier alpha value is -1.61. The van der Waals surface area contributed by atoms with Gasteiger partial charge in [-0.05, 0) is 48.4 Å². The first kappa shape index (κ1) is 21.1. The van der Waals surface area contributed by atoms with Crippen LogP contribution in [0.3, 0.4) is 0 Å². The molecule has 1 N–H and O–H groups in total. The first-order valence-electron chi connectivity index (χ1n) is 8.69. The molecule has 152 valence electrons. The van der Waals surface area contributed by atoms with Crippen LogP contribution < -0.4 is 10.1 Å². The van der Waals surface area contributed by atoms with Gasteiger partial charge in [-0.3, -0.25) is 0 Å². The molecule has 9 heteroatoms. The van der Waals surface area contributed by atoms with E-state index in [-0.39, 0.29) is 10.6 Å². The molecule has 1 saturated heterocycles. The maximum Gasteiger partial charge on any atom is 0.183 e. The van der Waals surface area contributed by atoms with E-state index in [0.29, 0.717) is 22.9 Å². The molecule has 1 aliphatic heterocycles. The predicted molar refractivity (Wildman–Crippen MR) is 109 cm³/mol. The molecule has 0 aliphatic carbocycles. The molecule has 2 aromatic carbocycles. The third-order valence-electron chi connectivity index (χ3n) is 4.88. The summed E-state index contributed by atoms with van der Waals surface area (Å²) in [6.45, 7) is 2.10. The van der Waals surface area contributed by atoms with Gasteiger partial charge >= 0.3 is 0 Å². The topological polar surface area (TPSA) is 89.5 Å². The molecule has 28 heavy (non-hydrogen) atoms. The Morgan fingerprint density at radius 1 is 1.14 bits per heavy atom. The highest BCUT2D eigenvalue weighted by atomic mass is 35.5. The lowest BCUT2D eigenvalue weighted by Crippen LogP contribution is -2.43. The van der Waals surface area contributed by atoms with Crippen LogP contribution in [0.1, 0.15) is 11.1 Å². The minimum atomic E-state index is -3.84. The molecule has 0 radical (unpaired) electrons. The molecule has 0 spiro atoms. The molecule has 0 amide bonds. The molecule has 1 aliphatic rings. The van der Waals surface area contributed by atoms with E-state index in [9.17, 15) is 16.8 Å². The van der Waals surface area contributed by atoms with Gasteiger partial charge in [-0.25, -0.2) is 16.8 Å². The van der Waals surface area contributed by atoms with Crippen molar-refractivity contribution in [3.63, 3.8) is 0 Å².